The Labute approximate surface area is 459 Å². The van der Waals surface area contributed by atoms with Gasteiger partial charge < -0.3 is 54.7 Å². The van der Waals surface area contributed by atoms with Gasteiger partial charge in [-0.1, -0.05) is 50.2 Å². The third-order valence-corrected chi connectivity index (χ3v) is 17.5. The number of anilines is 3. The van der Waals surface area contributed by atoms with E-state index in [2.05, 4.69) is 64.4 Å². The quantitative estimate of drug-likeness (QED) is 0.0651. The van der Waals surface area contributed by atoms with Crippen molar-refractivity contribution >= 4 is 40.3 Å². The third kappa shape index (κ3) is 11.4. The maximum Gasteiger partial charge on any atom is 0.254 e. The van der Waals surface area contributed by atoms with Crippen LogP contribution in [0.4, 0.5) is 17.2 Å². The highest BCUT2D eigenvalue weighted by Crippen LogP contribution is 2.41. The monoisotopic (exact) mass is 1080 g/mol. The number of pyridine rings is 1. The number of aromatic hydroxyl groups is 1. The number of ether oxygens (including phenoxy) is 3. The number of likely N-dealkylation sites (tertiary alicyclic amines) is 2. The van der Waals surface area contributed by atoms with E-state index in [9.17, 15) is 19.8 Å². The number of aliphatic hydroxyl groups is 1. The molecule has 0 spiro atoms. The van der Waals surface area contributed by atoms with Gasteiger partial charge in [-0.15, -0.1) is 21.5 Å². The van der Waals surface area contributed by atoms with E-state index in [1.165, 1.54) is 4.90 Å². The highest BCUT2D eigenvalue weighted by atomic mass is 32.1. The summed E-state index contributed by atoms with van der Waals surface area (Å²) in [4.78, 5) is 46.8. The number of fused-ring (bicyclic) bond motifs is 2. The van der Waals surface area contributed by atoms with Crippen molar-refractivity contribution in [3.8, 4) is 39.2 Å². The molecule has 412 valence electrons. The fraction of sp³-hybridized carbons (Fsp3) is 0.500. The van der Waals surface area contributed by atoms with Gasteiger partial charge in [-0.25, -0.2) is 9.97 Å². The maximum absolute atomic E-state index is 14.3. The van der Waals surface area contributed by atoms with Crippen molar-refractivity contribution in [2.45, 2.75) is 140 Å². The Hall–Kier alpha value is -6.87. The van der Waals surface area contributed by atoms with Crippen LogP contribution in [-0.4, -0.2) is 145 Å². The number of rotatable bonds is 18. The summed E-state index contributed by atoms with van der Waals surface area (Å²) in [6, 6.07) is 22.7. The Balaban J connectivity index is 0.610. The molecule has 4 aromatic heterocycles. The lowest BCUT2D eigenvalue weighted by Crippen LogP contribution is -2.54. The minimum atomic E-state index is -0.832. The van der Waals surface area contributed by atoms with Crippen LogP contribution in [-0.2, 0) is 14.3 Å². The molecule has 2 amide bonds. The lowest BCUT2D eigenvalue weighted by molar-refractivity contribution is -0.141. The van der Waals surface area contributed by atoms with Crippen LogP contribution in [0.1, 0.15) is 102 Å². The van der Waals surface area contributed by atoms with E-state index in [0.717, 1.165) is 91.2 Å². The van der Waals surface area contributed by atoms with Crippen molar-refractivity contribution in [3.63, 3.8) is 0 Å². The molecule has 19 nitrogen and oxygen atoms in total. The van der Waals surface area contributed by atoms with E-state index in [-0.39, 0.29) is 72.9 Å². The van der Waals surface area contributed by atoms with Crippen LogP contribution in [0.2, 0.25) is 0 Å². The van der Waals surface area contributed by atoms with Crippen molar-refractivity contribution in [2.75, 3.05) is 54.9 Å². The van der Waals surface area contributed by atoms with Gasteiger partial charge in [-0.3, -0.25) is 14.5 Å². The Bertz CT molecular complexity index is 3050. The first-order valence-corrected chi connectivity index (χ1v) is 28.5. The number of phenolic OH excluding ortho intramolecular Hbond substituents is 1. The SMILES string of the molecule is Cc1ncsc1-c1ccc([C@H](C)NC(=O)[C@@H]2C[C@@H](O)CN2C(=O)[C@@H](c2cc(OCCN3CC[C@H](O[C@H]4C[C@H](Oc5cc(N6C7CCC6CN(c6cc(-c8ccccc8O)nnc6N)C7)ccn5)C4)C[C@H]3C)no2)C(C)C)cc1. The number of benzene rings is 2. The fourth-order valence-electron chi connectivity index (χ4n) is 12.3. The summed E-state index contributed by atoms with van der Waals surface area (Å²) in [6.07, 6.45) is 7.14. The molecule has 4 aliphatic heterocycles. The molecule has 20 heteroatoms. The maximum atomic E-state index is 14.3. The van der Waals surface area contributed by atoms with E-state index in [1.807, 2.05) is 81.9 Å². The van der Waals surface area contributed by atoms with Crippen LogP contribution < -0.4 is 30.3 Å². The Morgan fingerprint density at radius 2 is 1.68 bits per heavy atom. The molecule has 5 aliphatic rings. The first-order chi connectivity index (χ1) is 37.7. The second kappa shape index (κ2) is 22.8. The second-order valence-electron chi connectivity index (χ2n) is 22.2. The summed E-state index contributed by atoms with van der Waals surface area (Å²) in [6.45, 7) is 13.6. The Kier molecular flexibility index (Phi) is 15.6. The second-order valence-corrected chi connectivity index (χ2v) is 23.1. The predicted octanol–water partition coefficient (Wildman–Crippen LogP) is 7.54. The molecule has 8 heterocycles. The van der Waals surface area contributed by atoms with Crippen molar-refractivity contribution in [1.82, 2.24) is 40.4 Å². The number of nitrogens with two attached hydrogens (primary N) is 1. The molecule has 2 bridgehead atoms. The largest absolute Gasteiger partial charge is 0.507 e. The molecule has 8 atom stereocenters. The molecular formula is C58H71N11O8S. The number of nitrogens with one attached hydrogen (secondary N) is 1. The van der Waals surface area contributed by atoms with Gasteiger partial charge in [0.05, 0.1) is 51.8 Å². The number of piperazine rings is 1. The summed E-state index contributed by atoms with van der Waals surface area (Å²) < 4.78 is 24.9. The summed E-state index contributed by atoms with van der Waals surface area (Å²) >= 11 is 1.59. The average Bonchev–Trinajstić information content (AvgIpc) is 4.31. The van der Waals surface area contributed by atoms with E-state index >= 15 is 0 Å². The van der Waals surface area contributed by atoms with E-state index in [4.69, 9.17) is 24.5 Å². The van der Waals surface area contributed by atoms with Gasteiger partial charge >= 0.3 is 0 Å². The number of aromatic nitrogens is 5. The number of aryl methyl sites for hydroxylation is 1. The van der Waals surface area contributed by atoms with Gasteiger partial charge in [0, 0.05) is 99.7 Å². The standard InChI is InChI=1S/C58H71N11O8S/c1-33(2)54(58(73)68-31-42(70)24-49(68)57(72)62-35(4)37-10-12-38(13-11-37)55-36(5)61-32-78-55)51-28-53(65-77-51)74-21-20-66-19-17-43(22-34(66)3)75-44-25-45(26-44)76-52-23-39(16-18-60-52)69-40-14-15-41(69)30-67(29-40)48-27-47(63-64-56(48)59)46-8-6-7-9-50(46)71/h6-13,16,18,23,27-28,32-35,40-45,49,54,70-71H,14-15,17,19-22,24-26,29-31H2,1-5H3,(H2,59,64)(H,62,72)/t34-,35+,40?,41?,42-,43+,44-,45-,49+,54-/m1/s1. The highest BCUT2D eigenvalue weighted by Gasteiger charge is 2.45. The van der Waals surface area contributed by atoms with Crippen molar-refractivity contribution in [2.24, 2.45) is 5.92 Å². The smallest absolute Gasteiger partial charge is 0.254 e. The highest BCUT2D eigenvalue weighted by molar-refractivity contribution is 7.13. The number of thiazole rings is 1. The number of hydrogen-bond acceptors (Lipinski definition) is 18. The van der Waals surface area contributed by atoms with Crippen molar-refractivity contribution in [1.29, 1.82) is 0 Å². The molecule has 1 saturated carbocycles. The van der Waals surface area contributed by atoms with E-state index in [0.29, 0.717) is 53.8 Å². The Morgan fingerprint density at radius 3 is 2.41 bits per heavy atom. The van der Waals surface area contributed by atoms with Crippen LogP contribution >= 0.6 is 11.3 Å². The molecule has 4 saturated heterocycles. The van der Waals surface area contributed by atoms with Gasteiger partial charge in [0.25, 0.3) is 5.88 Å². The number of hydrogen-bond donors (Lipinski definition) is 4. The number of β-amino-alcohol motifs (C(OH)–C–C–N with tert-alkyl or cyclic N) is 1. The molecule has 2 aromatic carbocycles. The molecule has 6 aromatic rings. The zero-order valence-electron chi connectivity index (χ0n) is 45.0. The van der Waals surface area contributed by atoms with Crippen LogP contribution in [0, 0.1) is 12.8 Å². The molecule has 11 rings (SSSR count). The minimum Gasteiger partial charge on any atom is -0.507 e. The molecule has 5 N–H and O–H groups in total. The summed E-state index contributed by atoms with van der Waals surface area (Å²) in [5.74, 6) is 0.322. The summed E-state index contributed by atoms with van der Waals surface area (Å²) in [7, 11) is 0. The number of carbonyl (C=O) groups is 2. The molecule has 78 heavy (non-hydrogen) atoms. The molecule has 5 fully saturated rings. The van der Waals surface area contributed by atoms with Gasteiger partial charge in [-0.05, 0) is 92.9 Å². The number of nitrogen functional groups attached to an aromatic ring is 1. The van der Waals surface area contributed by atoms with Crippen molar-refractivity contribution < 1.29 is 38.5 Å². The van der Waals surface area contributed by atoms with Gasteiger partial charge in [0.1, 0.15) is 30.4 Å². The lowest BCUT2D eigenvalue weighted by atomic mass is 9.91. The number of amides is 2. The van der Waals surface area contributed by atoms with Gasteiger partial charge in [0.2, 0.25) is 17.7 Å². The number of para-hydroxylation sites is 1. The average molecular weight is 1080 g/mol. The topological polar surface area (TPSA) is 231 Å². The van der Waals surface area contributed by atoms with Crippen molar-refractivity contribution in [3.05, 3.63) is 102 Å². The first kappa shape index (κ1) is 53.1. The zero-order valence-corrected chi connectivity index (χ0v) is 45.8. The number of nitrogens with zero attached hydrogens (tertiary/aromatic N) is 9. The van der Waals surface area contributed by atoms with Crippen LogP contribution in [0.3, 0.4) is 0 Å². The van der Waals surface area contributed by atoms with Crippen LogP contribution in [0.25, 0.3) is 21.7 Å². The van der Waals surface area contributed by atoms with Gasteiger partial charge in [0.15, 0.2) is 11.6 Å². The predicted molar refractivity (Wildman–Crippen MR) is 296 cm³/mol. The molecule has 0 radical (unpaired) electrons. The summed E-state index contributed by atoms with van der Waals surface area (Å²) in [5.41, 5.74) is 14.4. The van der Waals surface area contributed by atoms with Crippen LogP contribution in [0.15, 0.2) is 89.0 Å². The summed E-state index contributed by atoms with van der Waals surface area (Å²) in [5, 5.41) is 37.0. The number of carbonyl (C=O) groups excluding carboxylic acids is 2. The first-order valence-electron chi connectivity index (χ1n) is 27.6. The van der Waals surface area contributed by atoms with E-state index in [1.54, 1.807) is 29.5 Å². The number of phenols is 1. The lowest BCUT2D eigenvalue weighted by Gasteiger charge is -2.43. The number of piperidine rings is 1. The van der Waals surface area contributed by atoms with E-state index < -0.39 is 18.1 Å². The van der Waals surface area contributed by atoms with Gasteiger partial charge in [-0.2, -0.15) is 0 Å². The molecule has 2 unspecified atom stereocenters. The fourth-order valence-corrected chi connectivity index (χ4v) is 13.1. The minimum absolute atomic E-state index is 0.0488. The third-order valence-electron chi connectivity index (χ3n) is 16.5. The van der Waals surface area contributed by atoms with Crippen LogP contribution in [0.5, 0.6) is 17.5 Å². The molecule has 1 aliphatic carbocycles. The zero-order chi connectivity index (χ0) is 54.2. The Morgan fingerprint density at radius 1 is 0.897 bits per heavy atom. The molecular weight excluding hydrogens is 1010 g/mol. The normalized spacial score (nSPS) is 25.0. The number of aliphatic hydroxyl groups excluding tert-OH is 1.